The first kappa shape index (κ1) is 26.9. The van der Waals surface area contributed by atoms with Gasteiger partial charge < -0.3 is 19.4 Å². The molecule has 0 spiro atoms. The van der Waals surface area contributed by atoms with Gasteiger partial charge in [-0.3, -0.25) is 9.63 Å². The molecule has 2 N–H and O–H groups in total. The Morgan fingerprint density at radius 2 is 1.92 bits per heavy atom. The molecule has 0 aliphatic rings. The molecule has 2 heterocycles. The molecule has 0 aliphatic heterocycles. The first-order valence-corrected chi connectivity index (χ1v) is 12.4. The molecule has 2 aromatic carbocycles. The molecule has 0 saturated heterocycles. The van der Waals surface area contributed by atoms with E-state index >= 15 is 0 Å². The second-order valence-corrected chi connectivity index (χ2v) is 8.91. The van der Waals surface area contributed by atoms with Crippen molar-refractivity contribution < 1.29 is 23.5 Å². The Kier molecular flexibility index (Phi) is 8.42. The molecule has 4 rings (SSSR count). The van der Waals surface area contributed by atoms with Gasteiger partial charge in [0.2, 0.25) is 0 Å². The average Bonchev–Trinajstić information content (AvgIpc) is 3.24. The number of nitrogens with zero attached hydrogens (tertiary/aromatic N) is 3. The number of aromatic nitrogens is 3. The van der Waals surface area contributed by atoms with Gasteiger partial charge in [0.05, 0.1) is 36.6 Å². The van der Waals surface area contributed by atoms with Gasteiger partial charge in [0, 0.05) is 35.8 Å². The van der Waals surface area contributed by atoms with Gasteiger partial charge in [0.25, 0.3) is 5.91 Å². The second kappa shape index (κ2) is 11.9. The number of rotatable bonds is 11. The Morgan fingerprint density at radius 1 is 1.11 bits per heavy atom. The SMILES string of the molecule is CCOc1cc(-c2cc(NCCn3c(C)cc4c(OC)ccc(F)c43)ncn2)ccc1C(=O)NOC(C)C. The number of ether oxygens (including phenoxy) is 2. The van der Waals surface area contributed by atoms with Crippen LogP contribution in [0.1, 0.15) is 36.8 Å². The molecule has 0 saturated carbocycles. The van der Waals surface area contributed by atoms with Gasteiger partial charge in [-0.15, -0.1) is 0 Å². The normalized spacial score (nSPS) is 11.1. The number of carbonyl (C=O) groups excluding carboxylic acids is 1. The Balaban J connectivity index is 1.50. The van der Waals surface area contributed by atoms with Crippen molar-refractivity contribution in [2.24, 2.45) is 0 Å². The van der Waals surface area contributed by atoms with Crippen LogP contribution in [0.25, 0.3) is 22.2 Å². The number of benzene rings is 2. The summed E-state index contributed by atoms with van der Waals surface area (Å²) in [6, 6.07) is 12.0. The number of carbonyl (C=O) groups is 1. The summed E-state index contributed by atoms with van der Waals surface area (Å²) < 4.78 is 27.7. The summed E-state index contributed by atoms with van der Waals surface area (Å²) in [5.74, 6) is 0.999. The lowest BCUT2D eigenvalue weighted by molar-refractivity contribution is 0.00000224. The lowest BCUT2D eigenvalue weighted by atomic mass is 10.1. The summed E-state index contributed by atoms with van der Waals surface area (Å²) in [5, 5.41) is 4.04. The van der Waals surface area contributed by atoms with Gasteiger partial charge in [-0.25, -0.2) is 19.8 Å². The van der Waals surface area contributed by atoms with E-state index in [2.05, 4.69) is 20.8 Å². The molecule has 10 heteroatoms. The number of hydroxylamine groups is 1. The standard InChI is InChI=1S/C28H32FN5O4/c1-6-37-25-14-19(7-8-20(25)28(35)33-38-17(2)3)23-15-26(32-16-31-23)30-11-12-34-18(4)13-21-24(36-5)10-9-22(29)27(21)34/h7-10,13-17H,6,11-12H2,1-5H3,(H,33,35)(H,30,31,32). The Bertz CT molecular complexity index is 1440. The second-order valence-electron chi connectivity index (χ2n) is 8.91. The number of anilines is 1. The third-order valence-corrected chi connectivity index (χ3v) is 5.91. The Labute approximate surface area is 220 Å². The summed E-state index contributed by atoms with van der Waals surface area (Å²) in [4.78, 5) is 26.5. The van der Waals surface area contributed by atoms with E-state index in [0.29, 0.717) is 53.8 Å². The van der Waals surface area contributed by atoms with Crippen molar-refractivity contribution in [2.75, 3.05) is 25.6 Å². The van der Waals surface area contributed by atoms with E-state index in [0.717, 1.165) is 16.6 Å². The maximum Gasteiger partial charge on any atom is 0.278 e. The minimum Gasteiger partial charge on any atom is -0.496 e. The van der Waals surface area contributed by atoms with Crippen molar-refractivity contribution in [3.63, 3.8) is 0 Å². The van der Waals surface area contributed by atoms with Crippen LogP contribution in [0.5, 0.6) is 11.5 Å². The highest BCUT2D eigenvalue weighted by Gasteiger charge is 2.16. The highest BCUT2D eigenvalue weighted by atomic mass is 19.1. The monoisotopic (exact) mass is 521 g/mol. The lowest BCUT2D eigenvalue weighted by Gasteiger charge is -2.14. The van der Waals surface area contributed by atoms with Gasteiger partial charge in [-0.1, -0.05) is 6.07 Å². The number of amides is 1. The third-order valence-electron chi connectivity index (χ3n) is 5.91. The minimum absolute atomic E-state index is 0.150. The molecule has 9 nitrogen and oxygen atoms in total. The topological polar surface area (TPSA) is 99.5 Å². The zero-order valence-electron chi connectivity index (χ0n) is 22.2. The fourth-order valence-corrected chi connectivity index (χ4v) is 4.18. The van der Waals surface area contributed by atoms with E-state index in [4.69, 9.17) is 14.3 Å². The van der Waals surface area contributed by atoms with E-state index in [1.807, 2.05) is 44.4 Å². The van der Waals surface area contributed by atoms with Crippen LogP contribution in [0.2, 0.25) is 0 Å². The van der Waals surface area contributed by atoms with E-state index in [1.54, 1.807) is 31.4 Å². The summed E-state index contributed by atoms with van der Waals surface area (Å²) in [5.41, 5.74) is 5.67. The third kappa shape index (κ3) is 5.86. The van der Waals surface area contributed by atoms with E-state index in [1.165, 1.54) is 12.4 Å². The minimum atomic E-state index is -0.388. The lowest BCUT2D eigenvalue weighted by Crippen LogP contribution is -2.27. The maximum absolute atomic E-state index is 14.7. The summed E-state index contributed by atoms with van der Waals surface area (Å²) in [6.45, 7) is 8.87. The molecule has 2 aromatic heterocycles. The predicted molar refractivity (Wildman–Crippen MR) is 144 cm³/mol. The van der Waals surface area contributed by atoms with Crippen molar-refractivity contribution in [3.8, 4) is 22.8 Å². The van der Waals surface area contributed by atoms with Crippen LogP contribution in [0.4, 0.5) is 10.2 Å². The fourth-order valence-electron chi connectivity index (χ4n) is 4.18. The summed E-state index contributed by atoms with van der Waals surface area (Å²) >= 11 is 0. The molecule has 0 bridgehead atoms. The van der Waals surface area contributed by atoms with Gasteiger partial charge in [-0.2, -0.15) is 0 Å². The van der Waals surface area contributed by atoms with Gasteiger partial charge in [0.1, 0.15) is 29.5 Å². The van der Waals surface area contributed by atoms with Crippen molar-refractivity contribution >= 4 is 22.6 Å². The van der Waals surface area contributed by atoms with Crippen molar-refractivity contribution in [1.82, 2.24) is 20.0 Å². The van der Waals surface area contributed by atoms with E-state index in [9.17, 15) is 9.18 Å². The summed E-state index contributed by atoms with van der Waals surface area (Å²) in [7, 11) is 1.58. The highest BCUT2D eigenvalue weighted by molar-refractivity contribution is 5.97. The number of nitrogens with one attached hydrogen (secondary N) is 2. The predicted octanol–water partition coefficient (Wildman–Crippen LogP) is 5.14. The zero-order chi connectivity index (χ0) is 27.2. The number of methoxy groups -OCH3 is 1. The first-order valence-electron chi connectivity index (χ1n) is 12.4. The highest BCUT2D eigenvalue weighted by Crippen LogP contribution is 2.31. The number of halogens is 1. The van der Waals surface area contributed by atoms with Gasteiger partial charge >= 0.3 is 0 Å². The van der Waals surface area contributed by atoms with Crippen molar-refractivity contribution in [3.05, 3.63) is 65.9 Å². The number of aryl methyl sites for hydroxylation is 1. The van der Waals surface area contributed by atoms with Gasteiger partial charge in [-0.05, 0) is 58.0 Å². The van der Waals surface area contributed by atoms with Crippen LogP contribution >= 0.6 is 0 Å². The quantitative estimate of drug-likeness (QED) is 0.264. The van der Waals surface area contributed by atoms with Crippen LogP contribution in [-0.4, -0.2) is 46.8 Å². The van der Waals surface area contributed by atoms with Crippen molar-refractivity contribution in [1.29, 1.82) is 0 Å². The molecule has 0 radical (unpaired) electrons. The molecule has 38 heavy (non-hydrogen) atoms. The zero-order valence-corrected chi connectivity index (χ0v) is 22.2. The Morgan fingerprint density at radius 3 is 2.66 bits per heavy atom. The largest absolute Gasteiger partial charge is 0.496 e. The van der Waals surface area contributed by atoms with Crippen LogP contribution < -0.4 is 20.3 Å². The van der Waals surface area contributed by atoms with E-state index in [-0.39, 0.29) is 17.8 Å². The Hall–Kier alpha value is -4.18. The van der Waals surface area contributed by atoms with Crippen molar-refractivity contribution in [2.45, 2.75) is 40.3 Å². The molecule has 4 aromatic rings. The molecular formula is C28H32FN5O4. The molecule has 0 fully saturated rings. The van der Waals surface area contributed by atoms with E-state index < -0.39 is 0 Å². The molecular weight excluding hydrogens is 489 g/mol. The molecule has 1 amide bonds. The molecule has 0 atom stereocenters. The fraction of sp³-hybridized carbons (Fsp3) is 0.321. The first-order chi connectivity index (χ1) is 18.3. The van der Waals surface area contributed by atoms with Crippen LogP contribution in [-0.2, 0) is 11.4 Å². The molecule has 200 valence electrons. The number of hydrogen-bond donors (Lipinski definition) is 2. The molecule has 0 aliphatic carbocycles. The number of hydrogen-bond acceptors (Lipinski definition) is 7. The van der Waals surface area contributed by atoms with Crippen LogP contribution in [0, 0.1) is 12.7 Å². The smallest absolute Gasteiger partial charge is 0.278 e. The maximum atomic E-state index is 14.7. The van der Waals surface area contributed by atoms with Crippen LogP contribution in [0.3, 0.4) is 0 Å². The number of fused-ring (bicyclic) bond motifs is 1. The average molecular weight is 522 g/mol. The summed E-state index contributed by atoms with van der Waals surface area (Å²) in [6.07, 6.45) is 1.32. The van der Waals surface area contributed by atoms with Gasteiger partial charge in [0.15, 0.2) is 0 Å². The molecule has 0 unspecified atom stereocenters. The van der Waals surface area contributed by atoms with Crippen LogP contribution in [0.15, 0.2) is 48.8 Å².